The summed E-state index contributed by atoms with van der Waals surface area (Å²) in [7, 11) is 2.13. The highest BCUT2D eigenvalue weighted by Crippen LogP contribution is 2.23. The number of allylic oxidation sites excluding steroid dienone is 2. The van der Waals surface area contributed by atoms with Gasteiger partial charge < -0.3 is 5.32 Å². The fourth-order valence-electron chi connectivity index (χ4n) is 3.53. The maximum atomic E-state index is 6.43. The molecule has 0 aliphatic carbocycles. The van der Waals surface area contributed by atoms with E-state index in [2.05, 4.69) is 71.9 Å². The SMILES string of the molecule is CC(C)NC1=C(Cl)C=CNN1N(C)C1CCN(Cc2ccccc2)CC1. The highest BCUT2D eigenvalue weighted by atomic mass is 35.5. The molecule has 2 heterocycles. The van der Waals surface area contributed by atoms with Gasteiger partial charge in [-0.1, -0.05) is 41.9 Å². The van der Waals surface area contributed by atoms with E-state index in [1.807, 2.05) is 17.4 Å². The normalized spacial score (nSPS) is 19.4. The second-order valence-electron chi connectivity index (χ2n) is 7.34. The summed E-state index contributed by atoms with van der Waals surface area (Å²) in [6, 6.07) is 11.5. The van der Waals surface area contributed by atoms with Crippen LogP contribution in [0.2, 0.25) is 0 Å². The minimum atomic E-state index is 0.315. The van der Waals surface area contributed by atoms with E-state index in [1.165, 1.54) is 5.56 Å². The van der Waals surface area contributed by atoms with Gasteiger partial charge in [0.25, 0.3) is 0 Å². The van der Waals surface area contributed by atoms with Gasteiger partial charge >= 0.3 is 0 Å². The Balaban J connectivity index is 1.57. The summed E-state index contributed by atoms with van der Waals surface area (Å²) in [4.78, 5) is 2.54. The van der Waals surface area contributed by atoms with Crippen LogP contribution in [0, 0.1) is 0 Å². The fourth-order valence-corrected chi connectivity index (χ4v) is 3.73. The lowest BCUT2D eigenvalue weighted by molar-refractivity contribution is -0.0626. The van der Waals surface area contributed by atoms with Gasteiger partial charge in [0.2, 0.25) is 0 Å². The summed E-state index contributed by atoms with van der Waals surface area (Å²) in [6.07, 6.45) is 6.05. The summed E-state index contributed by atoms with van der Waals surface area (Å²) in [5, 5.41) is 8.49. The first-order valence-corrected chi connectivity index (χ1v) is 9.80. The zero-order valence-electron chi connectivity index (χ0n) is 16.0. The molecule has 5 nitrogen and oxygen atoms in total. The van der Waals surface area contributed by atoms with Gasteiger partial charge in [0.1, 0.15) is 0 Å². The average Bonchev–Trinajstić information content (AvgIpc) is 2.64. The Kier molecular flexibility index (Phi) is 6.46. The number of nitrogens with zero attached hydrogens (tertiary/aromatic N) is 3. The Morgan fingerprint density at radius 3 is 2.58 bits per heavy atom. The maximum absolute atomic E-state index is 6.43. The number of halogens is 1. The predicted molar refractivity (Wildman–Crippen MR) is 108 cm³/mol. The van der Waals surface area contributed by atoms with Crippen molar-refractivity contribution < 1.29 is 0 Å². The molecular formula is C20H30ClN5. The van der Waals surface area contributed by atoms with Crippen molar-refractivity contribution >= 4 is 11.6 Å². The maximum Gasteiger partial charge on any atom is 0.157 e. The van der Waals surface area contributed by atoms with Crippen LogP contribution in [-0.2, 0) is 6.54 Å². The largest absolute Gasteiger partial charge is 0.366 e. The van der Waals surface area contributed by atoms with Crippen LogP contribution < -0.4 is 10.7 Å². The standard InChI is InChI=1S/C20H30ClN5/c1-16(2)23-20-19(21)9-12-22-26(20)24(3)18-10-13-25(14-11-18)15-17-7-5-4-6-8-17/h4-9,12,16,18,22-23H,10-11,13-15H2,1-3H3. The van der Waals surface area contributed by atoms with Crippen LogP contribution in [0.3, 0.4) is 0 Å². The minimum Gasteiger partial charge on any atom is -0.366 e. The van der Waals surface area contributed by atoms with Gasteiger partial charge in [-0.3, -0.25) is 10.3 Å². The molecule has 1 saturated heterocycles. The van der Waals surface area contributed by atoms with Crippen LogP contribution in [-0.4, -0.2) is 47.2 Å². The summed E-state index contributed by atoms with van der Waals surface area (Å²) in [5.41, 5.74) is 4.70. The molecule has 2 aliphatic heterocycles. The minimum absolute atomic E-state index is 0.315. The van der Waals surface area contributed by atoms with Crippen molar-refractivity contribution in [1.82, 2.24) is 25.8 Å². The Bertz CT molecular complexity index is 635. The van der Waals surface area contributed by atoms with Gasteiger partial charge in [-0.15, -0.1) is 0 Å². The molecule has 142 valence electrons. The number of benzene rings is 1. The molecule has 0 aromatic heterocycles. The topological polar surface area (TPSA) is 33.8 Å². The van der Waals surface area contributed by atoms with E-state index in [1.54, 1.807) is 0 Å². The first kappa shape index (κ1) is 19.1. The molecular weight excluding hydrogens is 346 g/mol. The molecule has 0 saturated carbocycles. The van der Waals surface area contributed by atoms with Gasteiger partial charge in [-0.2, -0.15) is 5.12 Å². The summed E-state index contributed by atoms with van der Waals surface area (Å²) in [5.74, 6) is 0.915. The smallest absolute Gasteiger partial charge is 0.157 e. The average molecular weight is 376 g/mol. The molecule has 0 spiro atoms. The van der Waals surface area contributed by atoms with Crippen LogP contribution in [0.25, 0.3) is 0 Å². The number of hydrogen-bond acceptors (Lipinski definition) is 5. The highest BCUT2D eigenvalue weighted by Gasteiger charge is 2.29. The molecule has 0 amide bonds. The predicted octanol–water partition coefficient (Wildman–Crippen LogP) is 3.24. The van der Waals surface area contributed by atoms with Gasteiger partial charge in [-0.25, -0.2) is 5.01 Å². The van der Waals surface area contributed by atoms with Crippen molar-refractivity contribution in [3.05, 3.63) is 59.0 Å². The van der Waals surface area contributed by atoms with Gasteiger partial charge in [0.05, 0.1) is 5.03 Å². The number of likely N-dealkylation sites (tertiary alicyclic amines) is 1. The number of rotatable bonds is 6. The van der Waals surface area contributed by atoms with E-state index in [9.17, 15) is 0 Å². The first-order chi connectivity index (χ1) is 12.5. The molecule has 1 fully saturated rings. The molecule has 0 unspecified atom stereocenters. The summed E-state index contributed by atoms with van der Waals surface area (Å²) < 4.78 is 0. The van der Waals surface area contributed by atoms with Crippen molar-refractivity contribution in [2.75, 3.05) is 20.1 Å². The van der Waals surface area contributed by atoms with Crippen LogP contribution in [0.15, 0.2) is 53.5 Å². The Labute approximate surface area is 162 Å². The first-order valence-electron chi connectivity index (χ1n) is 9.43. The number of piperidine rings is 1. The molecule has 3 rings (SSSR count). The number of hydrogen-bond donors (Lipinski definition) is 2. The molecule has 2 aliphatic rings. The molecule has 1 aromatic rings. The van der Waals surface area contributed by atoms with E-state index in [0.29, 0.717) is 12.1 Å². The molecule has 1 aromatic carbocycles. The third-order valence-corrected chi connectivity index (χ3v) is 5.24. The Morgan fingerprint density at radius 2 is 1.92 bits per heavy atom. The molecule has 0 atom stereocenters. The summed E-state index contributed by atoms with van der Waals surface area (Å²) >= 11 is 6.43. The van der Waals surface area contributed by atoms with E-state index in [4.69, 9.17) is 11.6 Å². The van der Waals surface area contributed by atoms with Crippen molar-refractivity contribution in [3.63, 3.8) is 0 Å². The molecule has 6 heteroatoms. The lowest BCUT2D eigenvalue weighted by atomic mass is 10.0. The van der Waals surface area contributed by atoms with Gasteiger partial charge in [-0.05, 0) is 38.3 Å². The van der Waals surface area contributed by atoms with E-state index >= 15 is 0 Å². The molecule has 0 radical (unpaired) electrons. The van der Waals surface area contributed by atoms with Crippen LogP contribution in [0.4, 0.5) is 0 Å². The third kappa shape index (κ3) is 4.72. The zero-order chi connectivity index (χ0) is 18.5. The highest BCUT2D eigenvalue weighted by molar-refractivity contribution is 6.31. The van der Waals surface area contributed by atoms with Crippen LogP contribution >= 0.6 is 11.6 Å². The van der Waals surface area contributed by atoms with E-state index in [0.717, 1.165) is 43.3 Å². The molecule has 0 bridgehead atoms. The van der Waals surface area contributed by atoms with Crippen molar-refractivity contribution in [2.45, 2.75) is 45.3 Å². The second-order valence-corrected chi connectivity index (χ2v) is 7.74. The number of nitrogens with one attached hydrogen (secondary N) is 2. The van der Waals surface area contributed by atoms with Crippen LogP contribution in [0.1, 0.15) is 32.3 Å². The van der Waals surface area contributed by atoms with Crippen molar-refractivity contribution in [2.24, 2.45) is 0 Å². The lowest BCUT2D eigenvalue weighted by Crippen LogP contribution is -2.57. The molecule has 26 heavy (non-hydrogen) atoms. The fraction of sp³-hybridized carbons (Fsp3) is 0.500. The zero-order valence-corrected chi connectivity index (χ0v) is 16.7. The monoisotopic (exact) mass is 375 g/mol. The third-order valence-electron chi connectivity index (χ3n) is 4.94. The van der Waals surface area contributed by atoms with Gasteiger partial charge in [0, 0.05) is 45.0 Å². The van der Waals surface area contributed by atoms with Crippen molar-refractivity contribution in [1.29, 1.82) is 0 Å². The van der Waals surface area contributed by atoms with Crippen LogP contribution in [0.5, 0.6) is 0 Å². The lowest BCUT2D eigenvalue weighted by Gasteiger charge is -2.44. The quantitative estimate of drug-likeness (QED) is 0.797. The van der Waals surface area contributed by atoms with Crippen molar-refractivity contribution in [3.8, 4) is 0 Å². The van der Waals surface area contributed by atoms with E-state index in [-0.39, 0.29) is 0 Å². The summed E-state index contributed by atoms with van der Waals surface area (Å²) in [6.45, 7) is 7.50. The Hall–Kier alpha value is -1.69. The number of hydrazine groups is 2. The van der Waals surface area contributed by atoms with E-state index < -0.39 is 0 Å². The second kappa shape index (κ2) is 8.80. The van der Waals surface area contributed by atoms with Gasteiger partial charge in [0.15, 0.2) is 5.82 Å². The Morgan fingerprint density at radius 1 is 1.23 bits per heavy atom. The molecule has 2 N–H and O–H groups in total.